The standard InChI is InChI=1S/C17H18N4O4S3/c1-26-17-19-12-3-2-10(8-14(12)27-17)18-16(23)13-4-5-15(22)21(20-13)11-6-7-28(24,25)9-11/h2-3,8,11H,4-7,9H2,1H3,(H,18,23)/t11-/m1/s1. The number of sulfone groups is 1. The first-order valence-corrected chi connectivity index (χ1v) is 12.6. The minimum Gasteiger partial charge on any atom is -0.321 e. The quantitative estimate of drug-likeness (QED) is 0.733. The Kier molecular flexibility index (Phi) is 5.15. The molecule has 0 saturated carbocycles. The van der Waals surface area contributed by atoms with Gasteiger partial charge in [-0.1, -0.05) is 11.8 Å². The van der Waals surface area contributed by atoms with Crippen LogP contribution in [0.25, 0.3) is 10.2 Å². The van der Waals surface area contributed by atoms with E-state index in [-0.39, 0.29) is 41.9 Å². The summed E-state index contributed by atoms with van der Waals surface area (Å²) in [6.07, 6.45) is 2.70. The topological polar surface area (TPSA) is 109 Å². The summed E-state index contributed by atoms with van der Waals surface area (Å²) < 4.78 is 25.3. The number of nitrogens with one attached hydrogen (secondary N) is 1. The van der Waals surface area contributed by atoms with Crippen molar-refractivity contribution < 1.29 is 18.0 Å². The summed E-state index contributed by atoms with van der Waals surface area (Å²) in [6.45, 7) is 0. The Morgan fingerprint density at radius 2 is 2.18 bits per heavy atom. The van der Waals surface area contributed by atoms with E-state index in [0.29, 0.717) is 12.1 Å². The van der Waals surface area contributed by atoms with Crippen LogP contribution in [-0.4, -0.2) is 59.7 Å². The van der Waals surface area contributed by atoms with Gasteiger partial charge in [-0.05, 0) is 30.9 Å². The Morgan fingerprint density at radius 3 is 2.89 bits per heavy atom. The SMILES string of the molecule is CSc1nc2ccc(NC(=O)C3=NN([C@@H]4CCS(=O)(=O)C4)C(=O)CC3)cc2s1. The van der Waals surface area contributed by atoms with Gasteiger partial charge < -0.3 is 5.32 Å². The minimum atomic E-state index is -3.15. The molecule has 3 heterocycles. The molecule has 1 N–H and O–H groups in total. The Morgan fingerprint density at radius 1 is 1.36 bits per heavy atom. The van der Waals surface area contributed by atoms with Gasteiger partial charge in [0.15, 0.2) is 14.2 Å². The maximum atomic E-state index is 12.6. The maximum Gasteiger partial charge on any atom is 0.271 e. The maximum absolute atomic E-state index is 12.6. The van der Waals surface area contributed by atoms with Gasteiger partial charge in [0.05, 0.1) is 27.8 Å². The van der Waals surface area contributed by atoms with Gasteiger partial charge in [0.25, 0.3) is 5.91 Å². The van der Waals surface area contributed by atoms with Crippen molar-refractivity contribution in [3.05, 3.63) is 18.2 Å². The third-order valence-corrected chi connectivity index (χ3v) is 8.43. The second kappa shape index (κ2) is 7.45. The van der Waals surface area contributed by atoms with Crippen LogP contribution in [0, 0.1) is 0 Å². The number of hydrogen-bond acceptors (Lipinski definition) is 8. The lowest BCUT2D eigenvalue weighted by Gasteiger charge is -2.27. The van der Waals surface area contributed by atoms with E-state index in [1.54, 1.807) is 29.2 Å². The molecule has 8 nitrogen and oxygen atoms in total. The third-order valence-electron chi connectivity index (χ3n) is 4.68. The Hall–Kier alpha value is -1.98. The molecule has 4 rings (SSSR count). The van der Waals surface area contributed by atoms with Gasteiger partial charge in [0, 0.05) is 18.5 Å². The molecule has 1 aromatic carbocycles. The number of thiazole rings is 1. The van der Waals surface area contributed by atoms with Crippen molar-refractivity contribution in [3.63, 3.8) is 0 Å². The second-order valence-corrected chi connectivity index (χ2v) is 11.0. The van der Waals surface area contributed by atoms with Crippen molar-refractivity contribution in [2.75, 3.05) is 23.1 Å². The minimum absolute atomic E-state index is 0.0470. The fourth-order valence-electron chi connectivity index (χ4n) is 3.26. The molecule has 0 bridgehead atoms. The number of rotatable bonds is 4. The summed E-state index contributed by atoms with van der Waals surface area (Å²) >= 11 is 3.12. The van der Waals surface area contributed by atoms with Gasteiger partial charge in [-0.25, -0.2) is 18.4 Å². The molecule has 11 heteroatoms. The van der Waals surface area contributed by atoms with E-state index >= 15 is 0 Å². The molecule has 0 radical (unpaired) electrons. The predicted molar refractivity (Wildman–Crippen MR) is 111 cm³/mol. The normalized spacial score (nSPS) is 21.8. The zero-order chi connectivity index (χ0) is 19.9. The Balaban J connectivity index is 1.52. The first-order chi connectivity index (χ1) is 13.3. The van der Waals surface area contributed by atoms with Crippen molar-refractivity contribution in [2.45, 2.75) is 29.6 Å². The van der Waals surface area contributed by atoms with Gasteiger partial charge in [0.2, 0.25) is 5.91 Å². The van der Waals surface area contributed by atoms with E-state index in [4.69, 9.17) is 0 Å². The number of carbonyl (C=O) groups excluding carboxylic acids is 2. The lowest BCUT2D eigenvalue weighted by atomic mass is 10.1. The number of thioether (sulfide) groups is 1. The van der Waals surface area contributed by atoms with E-state index in [2.05, 4.69) is 15.4 Å². The zero-order valence-electron chi connectivity index (χ0n) is 15.0. The number of nitrogens with zero attached hydrogens (tertiary/aromatic N) is 3. The highest BCUT2D eigenvalue weighted by atomic mass is 32.2. The van der Waals surface area contributed by atoms with Crippen LogP contribution in [0.3, 0.4) is 0 Å². The largest absolute Gasteiger partial charge is 0.321 e. The molecule has 148 valence electrons. The fraction of sp³-hybridized carbons (Fsp3) is 0.412. The molecule has 2 aliphatic rings. The van der Waals surface area contributed by atoms with Crippen LogP contribution in [0.5, 0.6) is 0 Å². The first kappa shape index (κ1) is 19.3. The molecule has 0 aliphatic carbocycles. The summed E-state index contributed by atoms with van der Waals surface area (Å²) in [4.78, 5) is 29.3. The summed E-state index contributed by atoms with van der Waals surface area (Å²) in [7, 11) is -3.15. The van der Waals surface area contributed by atoms with Gasteiger partial charge in [-0.15, -0.1) is 11.3 Å². The van der Waals surface area contributed by atoms with Crippen molar-refractivity contribution in [2.24, 2.45) is 5.10 Å². The van der Waals surface area contributed by atoms with Crippen LogP contribution in [0.15, 0.2) is 27.6 Å². The predicted octanol–water partition coefficient (Wildman–Crippen LogP) is 2.12. The van der Waals surface area contributed by atoms with Gasteiger partial charge in [0.1, 0.15) is 5.71 Å². The molecule has 1 aromatic heterocycles. The molecule has 0 unspecified atom stereocenters. The molecule has 2 aliphatic heterocycles. The van der Waals surface area contributed by atoms with Crippen molar-refractivity contribution in [1.29, 1.82) is 0 Å². The number of anilines is 1. The van der Waals surface area contributed by atoms with Crippen LogP contribution < -0.4 is 5.32 Å². The highest BCUT2D eigenvalue weighted by molar-refractivity contribution is 8.00. The summed E-state index contributed by atoms with van der Waals surface area (Å²) in [5.74, 6) is -0.677. The second-order valence-electron chi connectivity index (χ2n) is 6.66. The third kappa shape index (κ3) is 3.91. The van der Waals surface area contributed by atoms with Crippen LogP contribution in [0.2, 0.25) is 0 Å². The highest BCUT2D eigenvalue weighted by Crippen LogP contribution is 2.30. The smallest absolute Gasteiger partial charge is 0.271 e. The summed E-state index contributed by atoms with van der Waals surface area (Å²) in [5.41, 5.74) is 1.74. The Bertz CT molecular complexity index is 1090. The number of hydrogen-bond donors (Lipinski definition) is 1. The van der Waals surface area contributed by atoms with Crippen LogP contribution in [0.4, 0.5) is 5.69 Å². The number of aromatic nitrogens is 1. The zero-order valence-corrected chi connectivity index (χ0v) is 17.5. The van der Waals surface area contributed by atoms with Crippen molar-refractivity contribution in [3.8, 4) is 0 Å². The molecule has 28 heavy (non-hydrogen) atoms. The van der Waals surface area contributed by atoms with Crippen molar-refractivity contribution >= 4 is 66.4 Å². The molecule has 0 spiro atoms. The summed E-state index contributed by atoms with van der Waals surface area (Å²) in [6, 6.07) is 5.00. The molecule has 2 aromatic rings. The van der Waals surface area contributed by atoms with Gasteiger partial charge in [-0.2, -0.15) is 5.10 Å². The van der Waals surface area contributed by atoms with E-state index in [9.17, 15) is 18.0 Å². The average Bonchev–Trinajstić information content (AvgIpc) is 3.24. The van der Waals surface area contributed by atoms with E-state index in [0.717, 1.165) is 14.6 Å². The fourth-order valence-corrected chi connectivity index (χ4v) is 6.48. The van der Waals surface area contributed by atoms with Crippen LogP contribution in [0.1, 0.15) is 19.3 Å². The molecule has 1 fully saturated rings. The monoisotopic (exact) mass is 438 g/mol. The highest BCUT2D eigenvalue weighted by Gasteiger charge is 2.37. The van der Waals surface area contributed by atoms with E-state index < -0.39 is 15.9 Å². The number of hydrazone groups is 1. The summed E-state index contributed by atoms with van der Waals surface area (Å²) in [5, 5.41) is 8.21. The molecular formula is C17H18N4O4S3. The lowest BCUT2D eigenvalue weighted by molar-refractivity contribution is -0.133. The first-order valence-electron chi connectivity index (χ1n) is 8.70. The molecule has 1 atom stereocenters. The number of amides is 2. The number of fused-ring (bicyclic) bond motifs is 1. The molecular weight excluding hydrogens is 420 g/mol. The number of benzene rings is 1. The van der Waals surface area contributed by atoms with E-state index in [1.807, 2.05) is 18.4 Å². The molecule has 1 saturated heterocycles. The van der Waals surface area contributed by atoms with Crippen LogP contribution >= 0.6 is 23.1 Å². The van der Waals surface area contributed by atoms with E-state index in [1.165, 1.54) is 5.01 Å². The average molecular weight is 439 g/mol. The van der Waals surface area contributed by atoms with Crippen molar-refractivity contribution in [1.82, 2.24) is 9.99 Å². The lowest BCUT2D eigenvalue weighted by Crippen LogP contribution is -2.42. The molecule has 2 amide bonds. The Labute approximate surface area is 170 Å². The number of carbonyl (C=O) groups is 2. The van der Waals surface area contributed by atoms with Crippen LogP contribution in [-0.2, 0) is 19.4 Å². The van der Waals surface area contributed by atoms with Gasteiger partial charge in [-0.3, -0.25) is 9.59 Å². The van der Waals surface area contributed by atoms with Gasteiger partial charge >= 0.3 is 0 Å².